The minimum absolute atomic E-state index is 0. The lowest BCUT2D eigenvalue weighted by Gasteiger charge is -2.20. The summed E-state index contributed by atoms with van der Waals surface area (Å²) in [6.45, 7) is 0. The first kappa shape index (κ1) is 16.5. The molecule has 5 N–H and O–H groups in total. The zero-order valence-corrected chi connectivity index (χ0v) is 12.1. The maximum absolute atomic E-state index is 11.0. The van der Waals surface area contributed by atoms with Crippen LogP contribution >= 0.6 is 0 Å². The van der Waals surface area contributed by atoms with Gasteiger partial charge in [0.2, 0.25) is 0 Å². The van der Waals surface area contributed by atoms with Crippen LogP contribution in [-0.2, 0) is 4.79 Å². The molecule has 0 amide bonds. The second-order valence-electron chi connectivity index (χ2n) is 4.44. The topological polar surface area (TPSA) is 106 Å². The number of phenolic OH excluding ortho intramolecular Hbond substituents is 1. The van der Waals surface area contributed by atoms with Gasteiger partial charge in [-0.2, -0.15) is 0 Å². The fourth-order valence-electron chi connectivity index (χ4n) is 2.24. The number of phenols is 1. The number of para-hydroxylation sites is 1. The summed E-state index contributed by atoms with van der Waals surface area (Å²) < 4.78 is 5.06. The van der Waals surface area contributed by atoms with E-state index in [1.54, 1.807) is 18.2 Å². The second-order valence-corrected chi connectivity index (χ2v) is 4.44. The number of methoxy groups -OCH3 is 1. The van der Waals surface area contributed by atoms with Crippen LogP contribution in [0.2, 0.25) is 0 Å². The van der Waals surface area contributed by atoms with Crippen LogP contribution in [0.25, 0.3) is 0 Å². The smallest absolute Gasteiger partial charge is 0.161 e. The van der Waals surface area contributed by atoms with Crippen molar-refractivity contribution >= 4 is 5.97 Å². The van der Waals surface area contributed by atoms with Crippen LogP contribution in [-0.4, -0.2) is 18.2 Å². The molecule has 5 heteroatoms. The molecular formula is C16H19NO4. The molecular weight excluding hydrogens is 270 g/mol. The third-order valence-corrected chi connectivity index (χ3v) is 3.20. The lowest BCUT2D eigenvalue weighted by Crippen LogP contribution is -2.25. The minimum Gasteiger partial charge on any atom is -0.550 e. The van der Waals surface area contributed by atoms with E-state index in [2.05, 4.69) is 0 Å². The number of ether oxygens (including phenoxy) is 1. The Morgan fingerprint density at radius 1 is 1.19 bits per heavy atom. The summed E-state index contributed by atoms with van der Waals surface area (Å²) in [5.74, 6) is -1.36. The van der Waals surface area contributed by atoms with Crippen LogP contribution in [0.3, 0.4) is 0 Å². The maximum Gasteiger partial charge on any atom is 0.161 e. The van der Waals surface area contributed by atoms with Gasteiger partial charge in [0, 0.05) is 17.5 Å². The summed E-state index contributed by atoms with van der Waals surface area (Å²) in [7, 11) is 1.45. The minimum atomic E-state index is -1.17. The van der Waals surface area contributed by atoms with E-state index < -0.39 is 11.9 Å². The van der Waals surface area contributed by atoms with E-state index in [1.807, 2.05) is 30.3 Å². The largest absolute Gasteiger partial charge is 0.550 e. The van der Waals surface area contributed by atoms with E-state index in [-0.39, 0.29) is 18.3 Å². The van der Waals surface area contributed by atoms with Gasteiger partial charge >= 0.3 is 0 Å². The summed E-state index contributed by atoms with van der Waals surface area (Å²) in [5.41, 5.74) is 1.32. The Morgan fingerprint density at radius 2 is 1.86 bits per heavy atom. The fraction of sp³-hybridized carbons (Fsp3) is 0.188. The van der Waals surface area contributed by atoms with E-state index in [0.29, 0.717) is 11.3 Å². The zero-order chi connectivity index (χ0) is 14.5. The van der Waals surface area contributed by atoms with E-state index in [9.17, 15) is 15.0 Å². The van der Waals surface area contributed by atoms with Crippen molar-refractivity contribution in [1.82, 2.24) is 6.15 Å². The molecule has 112 valence electrons. The van der Waals surface area contributed by atoms with E-state index >= 15 is 0 Å². The number of hydrogen-bond acceptors (Lipinski definition) is 4. The van der Waals surface area contributed by atoms with Crippen LogP contribution in [0, 0.1) is 0 Å². The molecule has 0 saturated heterocycles. The lowest BCUT2D eigenvalue weighted by molar-refractivity contribution is -0.305. The van der Waals surface area contributed by atoms with Gasteiger partial charge in [-0.1, -0.05) is 42.5 Å². The van der Waals surface area contributed by atoms with E-state index in [1.165, 1.54) is 7.11 Å². The highest BCUT2D eigenvalue weighted by Gasteiger charge is 2.20. The number of carboxylic acid groups (broad SMARTS) is 1. The van der Waals surface area contributed by atoms with Gasteiger partial charge < -0.3 is 25.9 Å². The first-order valence-corrected chi connectivity index (χ1v) is 6.24. The van der Waals surface area contributed by atoms with Crippen LogP contribution in [0.15, 0.2) is 48.5 Å². The summed E-state index contributed by atoms with van der Waals surface area (Å²) in [5, 5.41) is 21.2. The van der Waals surface area contributed by atoms with Gasteiger partial charge in [-0.25, -0.2) is 0 Å². The predicted molar refractivity (Wildman–Crippen MR) is 78.6 cm³/mol. The average Bonchev–Trinajstić information content (AvgIpc) is 2.46. The van der Waals surface area contributed by atoms with Crippen molar-refractivity contribution in [3.8, 4) is 11.5 Å². The van der Waals surface area contributed by atoms with Crippen molar-refractivity contribution in [3.63, 3.8) is 0 Å². The molecule has 0 aromatic heterocycles. The molecule has 5 nitrogen and oxygen atoms in total. The second kappa shape index (κ2) is 7.31. The van der Waals surface area contributed by atoms with Gasteiger partial charge in [0.15, 0.2) is 11.5 Å². The molecule has 0 bridgehead atoms. The number of carbonyl (C=O) groups is 1. The highest BCUT2D eigenvalue weighted by molar-refractivity contribution is 5.67. The molecule has 0 unspecified atom stereocenters. The molecule has 1 atom stereocenters. The predicted octanol–water partition coefficient (Wildman–Crippen LogP) is 2.05. The van der Waals surface area contributed by atoms with Crippen molar-refractivity contribution in [1.29, 1.82) is 0 Å². The quantitative estimate of drug-likeness (QED) is 0.878. The SMILES string of the molecule is COc1cccc([C@@H](CC(=O)[O-])c2ccccc2)c1O.[NH4+]. The Morgan fingerprint density at radius 3 is 2.43 bits per heavy atom. The average molecular weight is 289 g/mol. The van der Waals surface area contributed by atoms with Crippen molar-refractivity contribution in [2.45, 2.75) is 12.3 Å². The number of carboxylic acids is 1. The van der Waals surface area contributed by atoms with Crippen LogP contribution in [0.1, 0.15) is 23.5 Å². The highest BCUT2D eigenvalue weighted by Crippen LogP contribution is 2.38. The molecule has 0 radical (unpaired) electrons. The normalized spacial score (nSPS) is 11.3. The number of hydrogen-bond donors (Lipinski definition) is 2. The molecule has 0 aliphatic rings. The molecule has 21 heavy (non-hydrogen) atoms. The molecule has 2 aromatic carbocycles. The van der Waals surface area contributed by atoms with E-state index in [0.717, 1.165) is 5.56 Å². The number of aliphatic carboxylic acids is 1. The van der Waals surface area contributed by atoms with Gasteiger partial charge in [0.25, 0.3) is 0 Å². The van der Waals surface area contributed by atoms with E-state index in [4.69, 9.17) is 4.74 Å². The number of quaternary nitrogens is 1. The third kappa shape index (κ3) is 3.73. The monoisotopic (exact) mass is 289 g/mol. The van der Waals surface area contributed by atoms with Crippen molar-refractivity contribution in [2.75, 3.05) is 7.11 Å². The van der Waals surface area contributed by atoms with Crippen LogP contribution in [0.4, 0.5) is 0 Å². The summed E-state index contributed by atoms with van der Waals surface area (Å²) in [6, 6.07) is 14.2. The molecule has 0 aliphatic heterocycles. The molecule has 0 fully saturated rings. The van der Waals surface area contributed by atoms with Gasteiger partial charge in [-0.05, 0) is 18.1 Å². The van der Waals surface area contributed by atoms with Gasteiger partial charge in [0.05, 0.1) is 7.11 Å². The first-order chi connectivity index (χ1) is 9.63. The van der Waals surface area contributed by atoms with Crippen molar-refractivity contribution in [3.05, 3.63) is 59.7 Å². The third-order valence-electron chi connectivity index (χ3n) is 3.20. The maximum atomic E-state index is 11.0. The molecule has 0 aliphatic carbocycles. The summed E-state index contributed by atoms with van der Waals surface area (Å²) >= 11 is 0. The molecule has 0 spiro atoms. The summed E-state index contributed by atoms with van der Waals surface area (Å²) in [4.78, 5) is 11.0. The molecule has 0 heterocycles. The summed E-state index contributed by atoms with van der Waals surface area (Å²) in [6.07, 6.45) is -0.204. The molecule has 2 aromatic rings. The van der Waals surface area contributed by atoms with Crippen LogP contribution in [0.5, 0.6) is 11.5 Å². The number of aromatic hydroxyl groups is 1. The Bertz CT molecular complexity index is 598. The number of benzene rings is 2. The molecule has 2 rings (SSSR count). The Balaban J connectivity index is 0.00000220. The van der Waals surface area contributed by atoms with Crippen LogP contribution < -0.4 is 16.0 Å². The zero-order valence-electron chi connectivity index (χ0n) is 12.1. The van der Waals surface area contributed by atoms with Gasteiger partial charge in [-0.15, -0.1) is 0 Å². The highest BCUT2D eigenvalue weighted by atomic mass is 16.5. The Hall–Kier alpha value is -2.53. The number of carbonyl (C=O) groups excluding carboxylic acids is 1. The van der Waals surface area contributed by atoms with Crippen molar-refractivity contribution < 1.29 is 19.7 Å². The van der Waals surface area contributed by atoms with Gasteiger partial charge in [-0.3, -0.25) is 0 Å². The fourth-order valence-corrected chi connectivity index (χ4v) is 2.24. The lowest BCUT2D eigenvalue weighted by atomic mass is 9.88. The van der Waals surface area contributed by atoms with Gasteiger partial charge in [0.1, 0.15) is 0 Å². The standard InChI is InChI=1S/C16H16O4.H3N/c1-20-14-9-5-8-12(16(14)19)13(10-15(17)18)11-6-3-2-4-7-11;/h2-9,13,19H,10H2,1H3,(H,17,18);1H3/t13-;/m0./s1. The molecule has 0 saturated carbocycles. The first-order valence-electron chi connectivity index (χ1n) is 6.24. The Kier molecular flexibility index (Phi) is 5.75. The van der Waals surface area contributed by atoms with Crippen molar-refractivity contribution in [2.24, 2.45) is 0 Å². The number of rotatable bonds is 5. The Labute approximate surface area is 123 Å².